The number of rotatable bonds is 6. The van der Waals surface area contributed by atoms with Gasteiger partial charge < -0.3 is 14.8 Å². The predicted octanol–water partition coefficient (Wildman–Crippen LogP) is 4.26. The summed E-state index contributed by atoms with van der Waals surface area (Å²) in [6.45, 7) is 0.181. The minimum atomic E-state index is -4.72. The Morgan fingerprint density at radius 2 is 1.69 bits per heavy atom. The lowest BCUT2D eigenvalue weighted by atomic mass is 10.2. The van der Waals surface area contributed by atoms with Crippen LogP contribution in [0.3, 0.4) is 0 Å². The van der Waals surface area contributed by atoms with E-state index < -0.39 is 6.36 Å². The number of nitrogens with one attached hydrogen (secondary N) is 1. The molecule has 0 spiro atoms. The molecule has 0 fully saturated rings. The van der Waals surface area contributed by atoms with Gasteiger partial charge in [0.25, 0.3) is 5.91 Å². The van der Waals surface area contributed by atoms with E-state index in [1.165, 1.54) is 24.3 Å². The van der Waals surface area contributed by atoms with E-state index in [9.17, 15) is 18.0 Å². The Balaban J connectivity index is 1.43. The van der Waals surface area contributed by atoms with Crippen molar-refractivity contribution in [2.45, 2.75) is 13.0 Å². The van der Waals surface area contributed by atoms with Gasteiger partial charge >= 0.3 is 6.36 Å². The van der Waals surface area contributed by atoms with Crippen LogP contribution < -0.4 is 14.8 Å². The number of benzene rings is 3. The predicted molar refractivity (Wildman–Crippen MR) is 110 cm³/mol. The lowest BCUT2D eigenvalue weighted by Gasteiger charge is -2.10. The number of aromatic nitrogens is 3. The molecule has 0 unspecified atom stereocenters. The van der Waals surface area contributed by atoms with Gasteiger partial charge in [0, 0.05) is 12.6 Å². The first-order chi connectivity index (χ1) is 15.3. The molecular weight excluding hydrogens is 425 g/mol. The van der Waals surface area contributed by atoms with Crippen molar-refractivity contribution in [3.05, 3.63) is 77.9 Å². The highest BCUT2D eigenvalue weighted by atomic mass is 19.4. The average molecular weight is 442 g/mol. The molecule has 1 heterocycles. The van der Waals surface area contributed by atoms with Crippen LogP contribution in [-0.4, -0.2) is 34.3 Å². The monoisotopic (exact) mass is 442 g/mol. The number of amides is 1. The van der Waals surface area contributed by atoms with Crippen LogP contribution in [0, 0.1) is 0 Å². The summed E-state index contributed by atoms with van der Waals surface area (Å²) in [6, 6.07) is 17.7. The molecule has 0 saturated carbocycles. The highest BCUT2D eigenvalue weighted by Crippen LogP contribution is 2.24. The molecule has 1 aromatic heterocycles. The fourth-order valence-corrected chi connectivity index (χ4v) is 3.04. The van der Waals surface area contributed by atoms with Gasteiger partial charge in [-0.15, -0.1) is 18.3 Å². The van der Waals surface area contributed by atoms with Gasteiger partial charge in [0.1, 0.15) is 23.6 Å². The van der Waals surface area contributed by atoms with Crippen LogP contribution in [0.5, 0.6) is 11.5 Å². The van der Waals surface area contributed by atoms with Crippen LogP contribution in [-0.2, 0) is 6.61 Å². The lowest BCUT2D eigenvalue weighted by Crippen LogP contribution is -2.17. The smallest absolute Gasteiger partial charge is 0.489 e. The third-order valence-electron chi connectivity index (χ3n) is 4.58. The van der Waals surface area contributed by atoms with Crippen molar-refractivity contribution >= 4 is 16.9 Å². The van der Waals surface area contributed by atoms with Crippen LogP contribution in [0.25, 0.3) is 16.7 Å². The number of hydrogen-bond acceptors (Lipinski definition) is 5. The molecule has 4 aromatic rings. The summed E-state index contributed by atoms with van der Waals surface area (Å²) in [5.41, 5.74) is 3.27. The van der Waals surface area contributed by atoms with Crippen LogP contribution in [0.4, 0.5) is 13.2 Å². The van der Waals surface area contributed by atoms with Crippen molar-refractivity contribution in [3.63, 3.8) is 0 Å². The second-order valence-electron chi connectivity index (χ2n) is 6.76. The van der Waals surface area contributed by atoms with E-state index in [0.29, 0.717) is 22.4 Å². The minimum absolute atomic E-state index is 0.181. The van der Waals surface area contributed by atoms with Crippen molar-refractivity contribution in [3.8, 4) is 17.2 Å². The van der Waals surface area contributed by atoms with E-state index in [2.05, 4.69) is 20.4 Å². The highest BCUT2D eigenvalue weighted by Gasteiger charge is 2.30. The molecule has 0 aliphatic heterocycles. The number of hydrogen-bond donors (Lipinski definition) is 1. The van der Waals surface area contributed by atoms with Gasteiger partial charge in [-0.1, -0.05) is 17.3 Å². The van der Waals surface area contributed by atoms with E-state index in [1.807, 2.05) is 0 Å². The van der Waals surface area contributed by atoms with Gasteiger partial charge in [0.2, 0.25) is 0 Å². The summed E-state index contributed by atoms with van der Waals surface area (Å²) in [6.07, 6.45) is -4.72. The largest absolute Gasteiger partial charge is 0.573 e. The quantitative estimate of drug-likeness (QED) is 0.483. The zero-order valence-corrected chi connectivity index (χ0v) is 16.8. The molecule has 32 heavy (non-hydrogen) atoms. The first kappa shape index (κ1) is 21.2. The summed E-state index contributed by atoms with van der Waals surface area (Å²) < 4.78 is 47.9. The number of fused-ring (bicyclic) bond motifs is 1. The Kier molecular flexibility index (Phi) is 5.67. The summed E-state index contributed by atoms with van der Waals surface area (Å²) in [7, 11) is 1.56. The maximum absolute atomic E-state index is 12.2. The number of carbonyl (C=O) groups excluding carboxylic acids is 1. The van der Waals surface area contributed by atoms with E-state index in [-0.39, 0.29) is 18.3 Å². The van der Waals surface area contributed by atoms with E-state index in [0.717, 1.165) is 11.2 Å². The standard InChI is InChI=1S/C22H17F3N4O3/c1-26-21(30)15-4-11-20-19(12-15)27-28-29(20)16-5-9-17(10-6-16)31-13-14-2-7-18(8-3-14)32-22(23,24)25/h2-12H,13H2,1H3,(H,26,30). The molecule has 0 atom stereocenters. The first-order valence-electron chi connectivity index (χ1n) is 9.48. The second kappa shape index (κ2) is 8.58. The fourth-order valence-electron chi connectivity index (χ4n) is 3.04. The van der Waals surface area contributed by atoms with Crippen molar-refractivity contribution in [1.29, 1.82) is 0 Å². The van der Waals surface area contributed by atoms with Gasteiger partial charge in [0.05, 0.1) is 11.2 Å². The Morgan fingerprint density at radius 3 is 2.34 bits per heavy atom. The Hall–Kier alpha value is -4.08. The molecule has 1 N–H and O–H groups in total. The molecule has 0 saturated heterocycles. The number of alkyl halides is 3. The molecule has 0 aliphatic carbocycles. The van der Waals surface area contributed by atoms with Crippen LogP contribution in [0.15, 0.2) is 66.7 Å². The average Bonchev–Trinajstić information content (AvgIpc) is 3.20. The lowest BCUT2D eigenvalue weighted by molar-refractivity contribution is -0.274. The van der Waals surface area contributed by atoms with Crippen molar-refractivity contribution in [2.24, 2.45) is 0 Å². The van der Waals surface area contributed by atoms with Crippen LogP contribution in [0.1, 0.15) is 15.9 Å². The third-order valence-corrected chi connectivity index (χ3v) is 4.58. The summed E-state index contributed by atoms with van der Waals surface area (Å²) in [5.74, 6) is 0.0919. The summed E-state index contributed by atoms with van der Waals surface area (Å²) in [5, 5.41) is 10.8. The number of halogens is 3. The molecule has 0 radical (unpaired) electrons. The van der Waals surface area contributed by atoms with Crippen molar-refractivity contribution in [2.75, 3.05) is 7.05 Å². The molecule has 3 aromatic carbocycles. The maximum Gasteiger partial charge on any atom is 0.573 e. The van der Waals surface area contributed by atoms with Gasteiger partial charge in [-0.3, -0.25) is 4.79 Å². The molecule has 0 bridgehead atoms. The topological polar surface area (TPSA) is 78.3 Å². The molecule has 4 rings (SSSR count). The minimum Gasteiger partial charge on any atom is -0.489 e. The van der Waals surface area contributed by atoms with Gasteiger partial charge in [-0.25, -0.2) is 4.68 Å². The molecular formula is C22H17F3N4O3. The van der Waals surface area contributed by atoms with Crippen molar-refractivity contribution < 1.29 is 27.4 Å². The van der Waals surface area contributed by atoms with Gasteiger partial charge in [-0.05, 0) is 60.2 Å². The number of ether oxygens (including phenoxy) is 2. The summed E-state index contributed by atoms with van der Waals surface area (Å²) in [4.78, 5) is 11.8. The maximum atomic E-state index is 12.2. The highest BCUT2D eigenvalue weighted by molar-refractivity contribution is 5.97. The molecule has 164 valence electrons. The number of carbonyl (C=O) groups is 1. The Bertz CT molecular complexity index is 1240. The van der Waals surface area contributed by atoms with E-state index in [4.69, 9.17) is 4.74 Å². The molecule has 0 aliphatic rings. The Labute approximate surface area is 180 Å². The van der Waals surface area contributed by atoms with Gasteiger partial charge in [0.15, 0.2) is 0 Å². The SMILES string of the molecule is CNC(=O)c1ccc2c(c1)nnn2-c1ccc(OCc2ccc(OC(F)(F)F)cc2)cc1. The van der Waals surface area contributed by atoms with E-state index in [1.54, 1.807) is 54.2 Å². The van der Waals surface area contributed by atoms with E-state index >= 15 is 0 Å². The van der Waals surface area contributed by atoms with Crippen molar-refractivity contribution in [1.82, 2.24) is 20.3 Å². The van der Waals surface area contributed by atoms with Gasteiger partial charge in [-0.2, -0.15) is 0 Å². The zero-order valence-electron chi connectivity index (χ0n) is 16.8. The second-order valence-corrected chi connectivity index (χ2v) is 6.76. The molecule has 1 amide bonds. The molecule has 10 heteroatoms. The number of nitrogens with zero attached hydrogens (tertiary/aromatic N) is 3. The Morgan fingerprint density at radius 1 is 1.00 bits per heavy atom. The first-order valence-corrected chi connectivity index (χ1v) is 9.48. The fraction of sp³-hybridized carbons (Fsp3) is 0.136. The zero-order chi connectivity index (χ0) is 22.7. The normalized spacial score (nSPS) is 11.4. The summed E-state index contributed by atoms with van der Waals surface area (Å²) >= 11 is 0. The molecule has 7 nitrogen and oxygen atoms in total. The third kappa shape index (κ3) is 4.80. The van der Waals surface area contributed by atoms with Crippen LogP contribution in [0.2, 0.25) is 0 Å². The van der Waals surface area contributed by atoms with Crippen LogP contribution >= 0.6 is 0 Å².